The third kappa shape index (κ3) is 2.90. The fraction of sp³-hybridized carbons (Fsp3) is 0.600. The normalized spacial score (nSPS) is 22.6. The molecule has 1 heterocycles. The van der Waals surface area contributed by atoms with Crippen LogP contribution in [-0.4, -0.2) is 33.4 Å². The summed E-state index contributed by atoms with van der Waals surface area (Å²) in [4.78, 5) is 0. The number of nitrogens with one attached hydrogen (secondary N) is 1. The highest BCUT2D eigenvalue weighted by atomic mass is 32.2. The smallest absolute Gasteiger partial charge is 0.214 e. The van der Waals surface area contributed by atoms with Crippen LogP contribution in [0.3, 0.4) is 0 Å². The van der Waals surface area contributed by atoms with Gasteiger partial charge in [0.2, 0.25) is 10.0 Å². The second-order valence-corrected chi connectivity index (χ2v) is 7.87. The maximum Gasteiger partial charge on any atom is 0.214 e. The predicted molar refractivity (Wildman–Crippen MR) is 78.1 cm³/mol. The summed E-state index contributed by atoms with van der Waals surface area (Å²) in [7, 11) is -3.12. The van der Waals surface area contributed by atoms with Gasteiger partial charge in [0, 0.05) is 25.2 Å². The number of ether oxygens (including phenoxy) is 1. The van der Waals surface area contributed by atoms with Crippen molar-refractivity contribution in [1.82, 2.24) is 4.72 Å². The minimum absolute atomic E-state index is 0.124. The summed E-state index contributed by atoms with van der Waals surface area (Å²) >= 11 is 0. The molecule has 0 amide bonds. The number of rotatable bonds is 5. The third-order valence-corrected chi connectivity index (χ3v) is 6.31. The molecule has 1 aromatic rings. The largest absolute Gasteiger partial charge is 0.381 e. The maximum absolute atomic E-state index is 12.1. The van der Waals surface area contributed by atoms with Crippen LogP contribution in [-0.2, 0) is 20.2 Å². The number of hydrogen-bond donors (Lipinski definition) is 1. The van der Waals surface area contributed by atoms with Crippen molar-refractivity contribution in [3.05, 3.63) is 35.9 Å². The zero-order chi connectivity index (χ0) is 14.1. The standard InChI is InChI=1S/C15H21NO3S/c17-20(18,14-6-7-14)16-12-15(8-10-19-11-9-15)13-4-2-1-3-5-13/h1-5,14,16H,6-12H2. The molecular formula is C15H21NO3S. The van der Waals surface area contributed by atoms with Gasteiger partial charge in [-0.1, -0.05) is 30.3 Å². The molecule has 2 aliphatic rings. The molecule has 0 radical (unpaired) electrons. The lowest BCUT2D eigenvalue weighted by Crippen LogP contribution is -2.45. The van der Waals surface area contributed by atoms with E-state index in [0.29, 0.717) is 19.8 Å². The van der Waals surface area contributed by atoms with Crippen LogP contribution in [0.4, 0.5) is 0 Å². The van der Waals surface area contributed by atoms with Gasteiger partial charge in [0.15, 0.2) is 0 Å². The van der Waals surface area contributed by atoms with E-state index < -0.39 is 10.0 Å². The van der Waals surface area contributed by atoms with E-state index in [9.17, 15) is 8.42 Å². The quantitative estimate of drug-likeness (QED) is 0.901. The Morgan fingerprint density at radius 3 is 2.40 bits per heavy atom. The van der Waals surface area contributed by atoms with Gasteiger partial charge in [-0.2, -0.15) is 0 Å². The summed E-state index contributed by atoms with van der Waals surface area (Å²) in [5.74, 6) is 0. The van der Waals surface area contributed by atoms with Gasteiger partial charge in [-0.25, -0.2) is 13.1 Å². The lowest BCUT2D eigenvalue weighted by molar-refractivity contribution is 0.0517. The van der Waals surface area contributed by atoms with Gasteiger partial charge in [0.1, 0.15) is 0 Å². The van der Waals surface area contributed by atoms with Crippen LogP contribution in [0.2, 0.25) is 0 Å². The molecule has 110 valence electrons. The van der Waals surface area contributed by atoms with Gasteiger partial charge >= 0.3 is 0 Å². The Labute approximate surface area is 120 Å². The summed E-state index contributed by atoms with van der Waals surface area (Å²) in [6.45, 7) is 1.87. The van der Waals surface area contributed by atoms with E-state index in [1.807, 2.05) is 18.2 Å². The molecule has 3 rings (SSSR count). The molecule has 2 fully saturated rings. The van der Waals surface area contributed by atoms with Crippen LogP contribution in [0.5, 0.6) is 0 Å². The Bertz CT molecular complexity index is 546. The SMILES string of the molecule is O=S(=O)(NCC1(c2ccccc2)CCOCC1)C1CC1. The number of sulfonamides is 1. The second-order valence-electron chi connectivity index (χ2n) is 5.82. The molecule has 0 spiro atoms. The predicted octanol–water partition coefficient (Wildman–Crippen LogP) is 1.82. The molecule has 1 aliphatic carbocycles. The van der Waals surface area contributed by atoms with Gasteiger partial charge in [0.05, 0.1) is 5.25 Å². The molecule has 1 aliphatic heterocycles. The first-order valence-corrected chi connectivity index (χ1v) is 8.79. The van der Waals surface area contributed by atoms with Gasteiger partial charge in [-0.15, -0.1) is 0 Å². The van der Waals surface area contributed by atoms with Gasteiger partial charge in [-0.3, -0.25) is 0 Å². The molecular weight excluding hydrogens is 274 g/mol. The van der Waals surface area contributed by atoms with Crippen LogP contribution in [0.1, 0.15) is 31.2 Å². The molecule has 1 saturated carbocycles. The maximum atomic E-state index is 12.1. The molecule has 1 aromatic carbocycles. The lowest BCUT2D eigenvalue weighted by Gasteiger charge is -2.37. The second kappa shape index (κ2) is 5.47. The van der Waals surface area contributed by atoms with Crippen molar-refractivity contribution in [2.24, 2.45) is 0 Å². The summed E-state index contributed by atoms with van der Waals surface area (Å²) in [6, 6.07) is 10.2. The molecule has 1 saturated heterocycles. The fourth-order valence-electron chi connectivity index (χ4n) is 2.86. The average molecular weight is 295 g/mol. The van der Waals surface area contributed by atoms with Crippen LogP contribution in [0, 0.1) is 0 Å². The molecule has 0 bridgehead atoms. The van der Waals surface area contributed by atoms with E-state index in [1.54, 1.807) is 0 Å². The lowest BCUT2D eigenvalue weighted by atomic mass is 9.74. The van der Waals surface area contributed by atoms with E-state index in [1.165, 1.54) is 5.56 Å². The first-order chi connectivity index (χ1) is 9.62. The summed E-state index contributed by atoms with van der Waals surface area (Å²) in [6.07, 6.45) is 3.34. The van der Waals surface area contributed by atoms with Crippen molar-refractivity contribution < 1.29 is 13.2 Å². The molecule has 4 nitrogen and oxygen atoms in total. The van der Waals surface area contributed by atoms with Gasteiger partial charge < -0.3 is 4.74 Å². The van der Waals surface area contributed by atoms with E-state index in [0.717, 1.165) is 25.7 Å². The highest BCUT2D eigenvalue weighted by Crippen LogP contribution is 2.35. The first-order valence-electron chi connectivity index (χ1n) is 7.24. The Morgan fingerprint density at radius 2 is 1.80 bits per heavy atom. The van der Waals surface area contributed by atoms with Gasteiger partial charge in [-0.05, 0) is 31.2 Å². The van der Waals surface area contributed by atoms with Gasteiger partial charge in [0.25, 0.3) is 0 Å². The highest BCUT2D eigenvalue weighted by Gasteiger charge is 2.39. The summed E-state index contributed by atoms with van der Waals surface area (Å²) < 4.78 is 32.4. The molecule has 0 aromatic heterocycles. The number of benzene rings is 1. The van der Waals surface area contributed by atoms with Crippen molar-refractivity contribution in [2.45, 2.75) is 36.3 Å². The van der Waals surface area contributed by atoms with Crippen molar-refractivity contribution in [1.29, 1.82) is 0 Å². The van der Waals surface area contributed by atoms with Crippen LogP contribution in [0.15, 0.2) is 30.3 Å². The fourth-order valence-corrected chi connectivity index (χ4v) is 4.33. The van der Waals surface area contributed by atoms with Crippen molar-refractivity contribution in [2.75, 3.05) is 19.8 Å². The Kier molecular flexibility index (Phi) is 3.84. The third-order valence-electron chi connectivity index (χ3n) is 4.41. The Morgan fingerprint density at radius 1 is 1.15 bits per heavy atom. The highest BCUT2D eigenvalue weighted by molar-refractivity contribution is 7.90. The summed E-state index contributed by atoms with van der Waals surface area (Å²) in [5.41, 5.74) is 1.09. The van der Waals surface area contributed by atoms with Crippen molar-refractivity contribution in [3.63, 3.8) is 0 Å². The zero-order valence-electron chi connectivity index (χ0n) is 11.5. The van der Waals surface area contributed by atoms with E-state index >= 15 is 0 Å². The first kappa shape index (κ1) is 14.0. The minimum Gasteiger partial charge on any atom is -0.381 e. The Hall–Kier alpha value is -0.910. The van der Waals surface area contributed by atoms with E-state index in [4.69, 9.17) is 4.74 Å². The molecule has 1 N–H and O–H groups in total. The Balaban J connectivity index is 1.79. The van der Waals surface area contributed by atoms with Crippen LogP contribution in [0.25, 0.3) is 0 Å². The molecule has 20 heavy (non-hydrogen) atoms. The number of hydrogen-bond acceptors (Lipinski definition) is 3. The van der Waals surface area contributed by atoms with E-state index in [2.05, 4.69) is 16.9 Å². The monoisotopic (exact) mass is 295 g/mol. The van der Waals surface area contributed by atoms with Crippen molar-refractivity contribution in [3.8, 4) is 0 Å². The van der Waals surface area contributed by atoms with Crippen LogP contribution < -0.4 is 4.72 Å². The zero-order valence-corrected chi connectivity index (χ0v) is 12.4. The van der Waals surface area contributed by atoms with E-state index in [-0.39, 0.29) is 10.7 Å². The van der Waals surface area contributed by atoms with Crippen LogP contribution >= 0.6 is 0 Å². The van der Waals surface area contributed by atoms with Crippen molar-refractivity contribution >= 4 is 10.0 Å². The molecule has 0 unspecified atom stereocenters. The minimum atomic E-state index is -3.12. The average Bonchev–Trinajstić information content (AvgIpc) is 3.32. The molecule has 5 heteroatoms. The summed E-state index contributed by atoms with van der Waals surface area (Å²) in [5, 5.41) is -0.157. The molecule has 0 atom stereocenters. The topological polar surface area (TPSA) is 55.4 Å².